The van der Waals surface area contributed by atoms with E-state index in [1.807, 2.05) is 6.07 Å². The molecule has 1 unspecified atom stereocenters. The standard InChI is InChI=1S/C13H18BrNO/c1-15(8-7-14)10-11-6-9-16-13-5-3-2-4-12(11)13/h2-5,11H,6-10H2,1H3. The van der Waals surface area contributed by atoms with Crippen molar-refractivity contribution in [2.24, 2.45) is 0 Å². The number of para-hydroxylation sites is 1. The molecule has 0 N–H and O–H groups in total. The Balaban J connectivity index is 2.07. The molecule has 0 radical (unpaired) electrons. The van der Waals surface area contributed by atoms with Gasteiger partial charge >= 0.3 is 0 Å². The maximum absolute atomic E-state index is 5.67. The van der Waals surface area contributed by atoms with Gasteiger partial charge in [-0.3, -0.25) is 0 Å². The molecule has 1 aromatic carbocycles. The minimum atomic E-state index is 0.619. The van der Waals surface area contributed by atoms with Crippen LogP contribution in [0.25, 0.3) is 0 Å². The minimum absolute atomic E-state index is 0.619. The predicted octanol–water partition coefficient (Wildman–Crippen LogP) is 2.88. The van der Waals surface area contributed by atoms with Crippen molar-refractivity contribution in [3.63, 3.8) is 0 Å². The summed E-state index contributed by atoms with van der Waals surface area (Å²) in [6.07, 6.45) is 1.13. The highest BCUT2D eigenvalue weighted by atomic mass is 79.9. The van der Waals surface area contributed by atoms with Gasteiger partial charge in [-0.2, -0.15) is 0 Å². The summed E-state index contributed by atoms with van der Waals surface area (Å²) in [5, 5.41) is 1.04. The highest BCUT2D eigenvalue weighted by Gasteiger charge is 2.21. The van der Waals surface area contributed by atoms with E-state index in [4.69, 9.17) is 4.74 Å². The topological polar surface area (TPSA) is 12.5 Å². The average Bonchev–Trinajstić information content (AvgIpc) is 2.30. The van der Waals surface area contributed by atoms with Gasteiger partial charge in [0.2, 0.25) is 0 Å². The molecule has 0 saturated heterocycles. The minimum Gasteiger partial charge on any atom is -0.493 e. The number of likely N-dealkylation sites (N-methyl/N-ethyl adjacent to an activating group) is 1. The number of benzene rings is 1. The number of hydrogen-bond donors (Lipinski definition) is 0. The lowest BCUT2D eigenvalue weighted by molar-refractivity contribution is 0.236. The van der Waals surface area contributed by atoms with Crippen molar-refractivity contribution < 1.29 is 4.74 Å². The van der Waals surface area contributed by atoms with Crippen LogP contribution in [-0.4, -0.2) is 37.0 Å². The fourth-order valence-electron chi connectivity index (χ4n) is 2.22. The Kier molecular flexibility index (Phi) is 4.24. The van der Waals surface area contributed by atoms with E-state index in [1.165, 1.54) is 5.56 Å². The SMILES string of the molecule is CN(CCBr)CC1CCOc2ccccc21. The van der Waals surface area contributed by atoms with E-state index < -0.39 is 0 Å². The van der Waals surface area contributed by atoms with Crippen LogP contribution in [0.15, 0.2) is 24.3 Å². The lowest BCUT2D eigenvalue weighted by Gasteiger charge is -2.29. The summed E-state index contributed by atoms with van der Waals surface area (Å²) in [5.41, 5.74) is 1.37. The summed E-state index contributed by atoms with van der Waals surface area (Å²) in [6, 6.07) is 8.42. The van der Waals surface area contributed by atoms with Gasteiger partial charge in [0.15, 0.2) is 0 Å². The molecule has 1 aromatic rings. The third-order valence-electron chi connectivity index (χ3n) is 3.08. The second-order valence-electron chi connectivity index (χ2n) is 4.32. The number of fused-ring (bicyclic) bond motifs is 1. The molecular weight excluding hydrogens is 266 g/mol. The number of nitrogens with zero attached hydrogens (tertiary/aromatic N) is 1. The molecule has 0 amide bonds. The average molecular weight is 284 g/mol. The number of halogens is 1. The molecule has 1 aliphatic heterocycles. The van der Waals surface area contributed by atoms with Crippen molar-refractivity contribution in [3.05, 3.63) is 29.8 Å². The van der Waals surface area contributed by atoms with Crippen LogP contribution >= 0.6 is 15.9 Å². The molecule has 0 bridgehead atoms. The van der Waals surface area contributed by atoms with Crippen LogP contribution in [0.1, 0.15) is 17.9 Å². The van der Waals surface area contributed by atoms with Crippen LogP contribution in [-0.2, 0) is 0 Å². The molecule has 2 nitrogen and oxygen atoms in total. The van der Waals surface area contributed by atoms with Gasteiger partial charge in [0, 0.05) is 24.3 Å². The first-order chi connectivity index (χ1) is 7.81. The Morgan fingerprint density at radius 1 is 1.44 bits per heavy atom. The summed E-state index contributed by atoms with van der Waals surface area (Å²) in [6.45, 7) is 3.06. The summed E-state index contributed by atoms with van der Waals surface area (Å²) >= 11 is 3.48. The van der Waals surface area contributed by atoms with Gasteiger partial charge in [0.05, 0.1) is 6.61 Å². The van der Waals surface area contributed by atoms with Crippen LogP contribution in [0.4, 0.5) is 0 Å². The van der Waals surface area contributed by atoms with Gasteiger partial charge in [-0.05, 0) is 25.1 Å². The molecule has 88 valence electrons. The highest BCUT2D eigenvalue weighted by Crippen LogP contribution is 2.33. The Morgan fingerprint density at radius 2 is 2.25 bits per heavy atom. The van der Waals surface area contributed by atoms with Crippen molar-refractivity contribution in [2.75, 3.05) is 32.1 Å². The molecule has 3 heteroatoms. The van der Waals surface area contributed by atoms with Crippen LogP contribution in [0, 0.1) is 0 Å². The van der Waals surface area contributed by atoms with Crippen LogP contribution in [0.3, 0.4) is 0 Å². The van der Waals surface area contributed by atoms with Crippen molar-refractivity contribution >= 4 is 15.9 Å². The van der Waals surface area contributed by atoms with Crippen LogP contribution < -0.4 is 4.74 Å². The normalized spacial score (nSPS) is 19.3. The fraction of sp³-hybridized carbons (Fsp3) is 0.538. The Morgan fingerprint density at radius 3 is 3.06 bits per heavy atom. The second-order valence-corrected chi connectivity index (χ2v) is 5.12. The maximum Gasteiger partial charge on any atom is 0.122 e. The predicted molar refractivity (Wildman–Crippen MR) is 70.6 cm³/mol. The van der Waals surface area contributed by atoms with E-state index in [2.05, 4.69) is 46.1 Å². The van der Waals surface area contributed by atoms with E-state index in [-0.39, 0.29) is 0 Å². The lowest BCUT2D eigenvalue weighted by Crippen LogP contribution is -2.29. The molecule has 1 atom stereocenters. The first kappa shape index (κ1) is 11.9. The van der Waals surface area contributed by atoms with Gasteiger partial charge in [-0.1, -0.05) is 34.1 Å². The first-order valence-electron chi connectivity index (χ1n) is 5.77. The molecule has 0 spiro atoms. The monoisotopic (exact) mass is 283 g/mol. The zero-order chi connectivity index (χ0) is 11.4. The number of alkyl halides is 1. The molecule has 0 saturated carbocycles. The lowest BCUT2D eigenvalue weighted by atomic mass is 9.93. The maximum atomic E-state index is 5.67. The highest BCUT2D eigenvalue weighted by molar-refractivity contribution is 9.09. The number of rotatable bonds is 4. The van der Waals surface area contributed by atoms with E-state index in [0.717, 1.165) is 37.2 Å². The van der Waals surface area contributed by atoms with E-state index >= 15 is 0 Å². The summed E-state index contributed by atoms with van der Waals surface area (Å²) in [5.74, 6) is 1.69. The van der Waals surface area contributed by atoms with Gasteiger partial charge < -0.3 is 9.64 Å². The van der Waals surface area contributed by atoms with Crippen molar-refractivity contribution in [3.8, 4) is 5.75 Å². The van der Waals surface area contributed by atoms with E-state index in [1.54, 1.807) is 0 Å². The molecule has 0 fully saturated rings. The molecule has 0 aliphatic carbocycles. The van der Waals surface area contributed by atoms with E-state index in [0.29, 0.717) is 5.92 Å². The number of hydrogen-bond acceptors (Lipinski definition) is 2. The van der Waals surface area contributed by atoms with Crippen molar-refractivity contribution in [1.29, 1.82) is 0 Å². The van der Waals surface area contributed by atoms with Gasteiger partial charge in [0.25, 0.3) is 0 Å². The Hall–Kier alpha value is -0.540. The quantitative estimate of drug-likeness (QED) is 0.788. The number of ether oxygens (including phenoxy) is 1. The molecule has 1 aliphatic rings. The Bertz CT molecular complexity index is 342. The van der Waals surface area contributed by atoms with Crippen molar-refractivity contribution in [1.82, 2.24) is 4.90 Å². The molecule has 0 aromatic heterocycles. The van der Waals surface area contributed by atoms with Gasteiger partial charge in [-0.15, -0.1) is 0 Å². The van der Waals surface area contributed by atoms with Gasteiger partial charge in [-0.25, -0.2) is 0 Å². The zero-order valence-electron chi connectivity index (χ0n) is 9.66. The second kappa shape index (κ2) is 5.69. The molecular formula is C13H18BrNO. The summed E-state index contributed by atoms with van der Waals surface area (Å²) in [4.78, 5) is 2.38. The molecule has 2 rings (SSSR count). The summed E-state index contributed by atoms with van der Waals surface area (Å²) < 4.78 is 5.67. The molecule has 16 heavy (non-hydrogen) atoms. The largest absolute Gasteiger partial charge is 0.493 e. The Labute approximate surface area is 106 Å². The zero-order valence-corrected chi connectivity index (χ0v) is 11.2. The van der Waals surface area contributed by atoms with E-state index in [9.17, 15) is 0 Å². The van der Waals surface area contributed by atoms with Crippen LogP contribution in [0.5, 0.6) is 5.75 Å². The summed E-state index contributed by atoms with van der Waals surface area (Å²) in [7, 11) is 2.18. The third kappa shape index (κ3) is 2.77. The van der Waals surface area contributed by atoms with Crippen molar-refractivity contribution in [2.45, 2.75) is 12.3 Å². The molecule has 1 heterocycles. The fourth-order valence-corrected chi connectivity index (χ4v) is 2.82. The van der Waals surface area contributed by atoms with Gasteiger partial charge in [0.1, 0.15) is 5.75 Å². The smallest absolute Gasteiger partial charge is 0.122 e. The first-order valence-corrected chi connectivity index (χ1v) is 6.89. The van der Waals surface area contributed by atoms with Crippen LogP contribution in [0.2, 0.25) is 0 Å². The third-order valence-corrected chi connectivity index (χ3v) is 3.44.